The fourth-order valence-electron chi connectivity index (χ4n) is 1.54. The van der Waals surface area contributed by atoms with Crippen molar-refractivity contribution in [1.82, 2.24) is 4.98 Å². The molecule has 0 aliphatic carbocycles. The lowest BCUT2D eigenvalue weighted by molar-refractivity contribution is -0.114. The molecular formula is C10H8BrF2N2O4PS. The number of hydrogen-bond donors (Lipinski definition) is 3. The smallest absolute Gasteiger partial charge is 0.320 e. The van der Waals surface area contributed by atoms with E-state index in [0.717, 1.165) is 17.4 Å². The second-order valence-corrected chi connectivity index (χ2v) is 7.62. The first-order chi connectivity index (χ1) is 9.52. The normalized spacial score (nSPS) is 12.7. The maximum Gasteiger partial charge on any atom is 0.399 e. The van der Waals surface area contributed by atoms with Gasteiger partial charge in [0.25, 0.3) is 0 Å². The molecule has 0 fully saturated rings. The summed E-state index contributed by atoms with van der Waals surface area (Å²) >= 11 is 3.93. The monoisotopic (exact) mass is 400 g/mol. The van der Waals surface area contributed by atoms with Gasteiger partial charge in [0.15, 0.2) is 5.13 Å². The number of carbonyl (C=O) groups excluding carboxylic acids is 1. The molecule has 3 N–H and O–H groups in total. The number of nitrogens with zero attached hydrogens (tertiary/aromatic N) is 1. The van der Waals surface area contributed by atoms with Crippen molar-refractivity contribution in [2.24, 2.45) is 0 Å². The Labute approximate surface area is 129 Å². The standard InChI is InChI=1S/C10H8BrF2N2O4PS/c1-4(16)14-9-15-7-2-5(6(11)3-8(7)21-9)10(12,13)20(17,18)19/h2-3H,1H3,(H,14,15,16)(H2,17,18,19). The topological polar surface area (TPSA) is 99.5 Å². The number of hydrogen-bond acceptors (Lipinski definition) is 4. The summed E-state index contributed by atoms with van der Waals surface area (Å²) < 4.78 is 38.8. The third kappa shape index (κ3) is 3.14. The van der Waals surface area contributed by atoms with Gasteiger partial charge in [0, 0.05) is 17.0 Å². The predicted molar refractivity (Wildman–Crippen MR) is 77.6 cm³/mol. The van der Waals surface area contributed by atoms with E-state index >= 15 is 0 Å². The molecule has 2 aromatic rings. The summed E-state index contributed by atoms with van der Waals surface area (Å²) in [6.45, 7) is 1.27. The largest absolute Gasteiger partial charge is 0.399 e. The van der Waals surface area contributed by atoms with Crippen LogP contribution in [0.4, 0.5) is 13.9 Å². The fraction of sp³-hybridized carbons (Fsp3) is 0.200. The number of carbonyl (C=O) groups is 1. The van der Waals surface area contributed by atoms with Gasteiger partial charge in [0.2, 0.25) is 5.91 Å². The molecule has 0 aliphatic heterocycles. The van der Waals surface area contributed by atoms with Gasteiger partial charge in [0.1, 0.15) is 0 Å². The summed E-state index contributed by atoms with van der Waals surface area (Å²) in [7, 11) is -5.67. The highest BCUT2D eigenvalue weighted by Crippen LogP contribution is 2.60. The molecule has 0 aliphatic rings. The number of alkyl halides is 2. The second kappa shape index (κ2) is 5.36. The van der Waals surface area contributed by atoms with E-state index in [2.05, 4.69) is 26.2 Å². The van der Waals surface area contributed by atoms with E-state index in [4.69, 9.17) is 9.79 Å². The van der Waals surface area contributed by atoms with E-state index in [0.29, 0.717) is 4.70 Å². The molecule has 11 heteroatoms. The Bertz CT molecular complexity index is 776. The zero-order valence-electron chi connectivity index (χ0n) is 10.3. The highest BCUT2D eigenvalue weighted by Gasteiger charge is 2.51. The van der Waals surface area contributed by atoms with Gasteiger partial charge in [-0.3, -0.25) is 9.36 Å². The molecule has 1 aromatic heterocycles. The maximum atomic E-state index is 13.8. The molecule has 0 radical (unpaired) electrons. The van der Waals surface area contributed by atoms with Crippen LogP contribution in [0.1, 0.15) is 12.5 Å². The van der Waals surface area contributed by atoms with Crippen LogP contribution in [0, 0.1) is 0 Å². The van der Waals surface area contributed by atoms with E-state index in [-0.39, 0.29) is 21.0 Å². The highest BCUT2D eigenvalue weighted by atomic mass is 79.9. The molecule has 0 saturated carbocycles. The van der Waals surface area contributed by atoms with Crippen LogP contribution < -0.4 is 5.32 Å². The predicted octanol–water partition coefficient (Wildman–Crippen LogP) is 3.24. The van der Waals surface area contributed by atoms with Gasteiger partial charge < -0.3 is 15.1 Å². The molecule has 1 heterocycles. The summed E-state index contributed by atoms with van der Waals surface area (Å²) in [4.78, 5) is 32.4. The number of halogens is 3. The minimum atomic E-state index is -5.67. The average molecular weight is 401 g/mol. The third-order valence-electron chi connectivity index (χ3n) is 2.45. The van der Waals surface area contributed by atoms with Crippen molar-refractivity contribution >= 4 is 56.1 Å². The van der Waals surface area contributed by atoms with Crippen molar-refractivity contribution in [1.29, 1.82) is 0 Å². The number of rotatable bonds is 3. The first kappa shape index (κ1) is 16.4. The van der Waals surface area contributed by atoms with E-state index < -0.39 is 18.8 Å². The average Bonchev–Trinajstić information content (AvgIpc) is 2.66. The van der Waals surface area contributed by atoms with E-state index in [9.17, 15) is 18.1 Å². The Balaban J connectivity index is 2.59. The van der Waals surface area contributed by atoms with E-state index in [1.54, 1.807) is 0 Å². The Morgan fingerprint density at radius 2 is 2.10 bits per heavy atom. The first-order valence-electron chi connectivity index (χ1n) is 5.34. The number of fused-ring (bicyclic) bond motifs is 1. The Kier molecular flexibility index (Phi) is 4.20. The third-order valence-corrected chi connectivity index (χ3v) is 5.01. The molecule has 21 heavy (non-hydrogen) atoms. The van der Waals surface area contributed by atoms with Gasteiger partial charge in [-0.25, -0.2) is 4.98 Å². The van der Waals surface area contributed by atoms with Crippen LogP contribution in [0.25, 0.3) is 10.2 Å². The lowest BCUT2D eigenvalue weighted by Crippen LogP contribution is -2.14. The number of benzene rings is 1. The summed E-state index contributed by atoms with van der Waals surface area (Å²) in [6, 6.07) is 2.16. The van der Waals surface area contributed by atoms with Crippen molar-refractivity contribution < 1.29 is 27.9 Å². The van der Waals surface area contributed by atoms with Crippen molar-refractivity contribution in [3.05, 3.63) is 22.2 Å². The molecule has 0 atom stereocenters. The summed E-state index contributed by atoms with van der Waals surface area (Å²) in [5, 5.41) is 2.62. The van der Waals surface area contributed by atoms with Crippen molar-refractivity contribution in [3.63, 3.8) is 0 Å². The molecule has 0 unspecified atom stereocenters. The maximum absolute atomic E-state index is 13.8. The molecule has 1 amide bonds. The van der Waals surface area contributed by atoms with Crippen LogP contribution in [0.2, 0.25) is 0 Å². The molecular weight excluding hydrogens is 393 g/mol. The van der Waals surface area contributed by atoms with E-state index in [1.165, 1.54) is 13.0 Å². The number of aromatic nitrogens is 1. The van der Waals surface area contributed by atoms with Crippen LogP contribution >= 0.6 is 34.9 Å². The molecule has 0 saturated heterocycles. The Morgan fingerprint density at radius 3 is 2.62 bits per heavy atom. The number of anilines is 1. The van der Waals surface area contributed by atoms with Crippen molar-refractivity contribution in [3.8, 4) is 0 Å². The number of amides is 1. The van der Waals surface area contributed by atoms with Crippen molar-refractivity contribution in [2.45, 2.75) is 12.6 Å². The molecule has 114 valence electrons. The van der Waals surface area contributed by atoms with Crippen molar-refractivity contribution in [2.75, 3.05) is 5.32 Å². The Morgan fingerprint density at radius 1 is 1.48 bits per heavy atom. The van der Waals surface area contributed by atoms with Gasteiger partial charge in [-0.1, -0.05) is 27.3 Å². The zero-order chi connectivity index (χ0) is 16.0. The lowest BCUT2D eigenvalue weighted by atomic mass is 10.2. The van der Waals surface area contributed by atoms with Gasteiger partial charge >= 0.3 is 13.3 Å². The highest BCUT2D eigenvalue weighted by molar-refractivity contribution is 9.10. The Hall–Kier alpha value is -0.930. The van der Waals surface area contributed by atoms with Gasteiger partial charge in [-0.15, -0.1) is 0 Å². The first-order valence-corrected chi connectivity index (χ1v) is 8.56. The van der Waals surface area contributed by atoms with Gasteiger partial charge in [-0.05, 0) is 12.1 Å². The fourth-order valence-corrected chi connectivity index (χ4v) is 3.87. The van der Waals surface area contributed by atoms with Crippen LogP contribution in [-0.2, 0) is 15.0 Å². The zero-order valence-corrected chi connectivity index (χ0v) is 13.6. The van der Waals surface area contributed by atoms with Gasteiger partial charge in [-0.2, -0.15) is 8.78 Å². The lowest BCUT2D eigenvalue weighted by Gasteiger charge is -2.19. The minimum Gasteiger partial charge on any atom is -0.320 e. The van der Waals surface area contributed by atoms with E-state index in [1.807, 2.05) is 0 Å². The van der Waals surface area contributed by atoms with Crippen LogP contribution in [0.3, 0.4) is 0 Å². The van der Waals surface area contributed by atoms with Gasteiger partial charge in [0.05, 0.1) is 10.2 Å². The molecule has 0 spiro atoms. The molecule has 2 rings (SSSR count). The number of thiazole rings is 1. The van der Waals surface area contributed by atoms with Crippen LogP contribution in [0.5, 0.6) is 0 Å². The quantitative estimate of drug-likeness (QED) is 0.686. The van der Waals surface area contributed by atoms with Crippen LogP contribution in [0.15, 0.2) is 16.6 Å². The SMILES string of the molecule is CC(=O)Nc1nc2cc(C(F)(F)P(=O)(O)O)c(Br)cc2s1. The minimum absolute atomic E-state index is 0.107. The number of nitrogens with one attached hydrogen (secondary N) is 1. The molecule has 0 bridgehead atoms. The summed E-state index contributed by atoms with van der Waals surface area (Å²) in [5.74, 6) is -0.367. The molecule has 6 nitrogen and oxygen atoms in total. The second-order valence-electron chi connectivity index (χ2n) is 4.09. The summed E-state index contributed by atoms with van der Waals surface area (Å²) in [5.41, 5.74) is -5.09. The van der Waals surface area contributed by atoms with Crippen LogP contribution in [-0.4, -0.2) is 20.7 Å². The molecule has 1 aromatic carbocycles. The summed E-state index contributed by atoms with van der Waals surface area (Å²) in [6.07, 6.45) is 0.